The predicted molar refractivity (Wildman–Crippen MR) is 156 cm³/mol. The number of alkyl halides is 9. The van der Waals surface area contributed by atoms with Crippen LogP contribution in [0, 0.1) is 0 Å². The van der Waals surface area contributed by atoms with Gasteiger partial charge in [0.2, 0.25) is 11.8 Å². The number of hydrogen-bond acceptors (Lipinski definition) is 9. The van der Waals surface area contributed by atoms with Crippen LogP contribution in [-0.4, -0.2) is 116 Å². The zero-order valence-corrected chi connectivity index (χ0v) is 26.2. The highest BCUT2D eigenvalue weighted by molar-refractivity contribution is 5.98. The van der Waals surface area contributed by atoms with Gasteiger partial charge in [0.15, 0.2) is 5.82 Å². The maximum absolute atomic E-state index is 15.0. The van der Waals surface area contributed by atoms with Crippen molar-refractivity contribution in [1.82, 2.24) is 34.7 Å². The zero-order chi connectivity index (χ0) is 36.8. The number of nitrogens with two attached hydrogens (primary N) is 1. The number of nitrogen functional groups attached to an aromatic ring is 1. The van der Waals surface area contributed by atoms with Crippen molar-refractivity contribution in [3.63, 3.8) is 0 Å². The molecule has 0 bridgehead atoms. The number of pyridine rings is 1. The Kier molecular flexibility index (Phi) is 9.87. The van der Waals surface area contributed by atoms with Crippen molar-refractivity contribution in [2.45, 2.75) is 68.3 Å². The third-order valence-corrected chi connectivity index (χ3v) is 8.77. The van der Waals surface area contributed by atoms with E-state index >= 15 is 0 Å². The molecule has 4 N–H and O–H groups in total. The number of hydrogen-bond donors (Lipinski definition) is 3. The Hall–Kier alpha value is -4.40. The number of nitrogens with one attached hydrogen (secondary N) is 1. The number of aromatic nitrogens is 4. The number of anilines is 1. The van der Waals surface area contributed by atoms with Crippen molar-refractivity contribution in [1.29, 1.82) is 0 Å². The van der Waals surface area contributed by atoms with Gasteiger partial charge in [0.05, 0.1) is 25.3 Å². The Balaban J connectivity index is 1.39. The Morgan fingerprint density at radius 1 is 1.08 bits per heavy atom. The van der Waals surface area contributed by atoms with Gasteiger partial charge in [-0.2, -0.15) is 31.4 Å². The molecule has 274 valence electrons. The summed E-state index contributed by atoms with van der Waals surface area (Å²) in [6.07, 6.45) is -15.4. The van der Waals surface area contributed by atoms with Crippen molar-refractivity contribution in [3.05, 3.63) is 35.8 Å². The topological polar surface area (TPSA) is 151 Å². The summed E-state index contributed by atoms with van der Waals surface area (Å²) in [6, 6.07) is 1.38. The van der Waals surface area contributed by atoms with E-state index in [1.807, 2.05) is 4.90 Å². The number of rotatable bonds is 8. The number of amides is 2. The van der Waals surface area contributed by atoms with E-state index in [1.54, 1.807) is 6.07 Å². The fraction of sp³-hybridized carbons (Fsp3) is 0.552. The van der Waals surface area contributed by atoms with E-state index in [-0.39, 0.29) is 55.3 Å². The van der Waals surface area contributed by atoms with Crippen molar-refractivity contribution in [2.75, 3.05) is 39.0 Å². The molecule has 0 aliphatic carbocycles. The first-order valence-electron chi connectivity index (χ1n) is 15.1. The van der Waals surface area contributed by atoms with Crippen LogP contribution < -0.4 is 15.8 Å². The summed E-state index contributed by atoms with van der Waals surface area (Å²) >= 11 is 0. The van der Waals surface area contributed by atoms with Gasteiger partial charge in [0.1, 0.15) is 23.6 Å². The summed E-state index contributed by atoms with van der Waals surface area (Å²) in [5.41, 5.74) is 2.10. The summed E-state index contributed by atoms with van der Waals surface area (Å²) < 4.78 is 128. The minimum Gasteiger partial charge on any atom is -0.480 e. The number of nitrogens with zero attached hydrogens (tertiary/aromatic N) is 6. The summed E-state index contributed by atoms with van der Waals surface area (Å²) in [6.45, 7) is -0.933. The highest BCUT2D eigenvalue weighted by Gasteiger charge is 2.71. The third kappa shape index (κ3) is 7.23. The first-order chi connectivity index (χ1) is 23.2. The number of halogens is 9. The molecule has 2 amide bonds. The summed E-state index contributed by atoms with van der Waals surface area (Å²) in [4.78, 5) is 36.5. The molecule has 5 rings (SSSR count). The van der Waals surface area contributed by atoms with Gasteiger partial charge in [-0.1, -0.05) is 0 Å². The number of ether oxygens (including phenoxy) is 1. The van der Waals surface area contributed by atoms with Gasteiger partial charge in [-0.25, -0.2) is 27.7 Å². The Morgan fingerprint density at radius 3 is 2.36 bits per heavy atom. The fourth-order valence-corrected chi connectivity index (χ4v) is 5.89. The largest absolute Gasteiger partial charge is 0.480 e. The van der Waals surface area contributed by atoms with E-state index in [0.29, 0.717) is 21.7 Å². The van der Waals surface area contributed by atoms with E-state index in [4.69, 9.17) is 10.5 Å². The molecule has 0 radical (unpaired) electrons. The molecule has 50 heavy (non-hydrogen) atoms. The van der Waals surface area contributed by atoms with E-state index in [2.05, 4.69) is 20.4 Å². The molecule has 2 aliphatic heterocycles. The Morgan fingerprint density at radius 2 is 1.74 bits per heavy atom. The number of aliphatic hydroxyl groups is 1. The van der Waals surface area contributed by atoms with Crippen LogP contribution in [0.25, 0.3) is 16.8 Å². The normalized spacial score (nSPS) is 20.6. The minimum absolute atomic E-state index is 0.0809. The third-order valence-electron chi connectivity index (χ3n) is 8.77. The molecule has 2 atom stereocenters. The van der Waals surface area contributed by atoms with Gasteiger partial charge in [0, 0.05) is 57.3 Å². The molecule has 21 heteroatoms. The number of piperidine rings is 2. The predicted octanol–water partition coefficient (Wildman–Crippen LogP) is 3.53. The Labute approximate surface area is 277 Å². The van der Waals surface area contributed by atoms with Crippen LogP contribution in [0.5, 0.6) is 5.88 Å². The van der Waals surface area contributed by atoms with Crippen LogP contribution in [0.1, 0.15) is 41.6 Å². The molecule has 2 fully saturated rings. The summed E-state index contributed by atoms with van der Waals surface area (Å²) in [5, 5.41) is 16.0. The lowest BCUT2D eigenvalue weighted by atomic mass is 9.95. The molecule has 0 saturated carbocycles. The monoisotopic (exact) mass is 726 g/mol. The fourth-order valence-electron chi connectivity index (χ4n) is 5.89. The van der Waals surface area contributed by atoms with Crippen molar-refractivity contribution in [2.24, 2.45) is 0 Å². The van der Waals surface area contributed by atoms with Crippen LogP contribution in [0.3, 0.4) is 0 Å². The van der Waals surface area contributed by atoms with Gasteiger partial charge in [0.25, 0.3) is 17.4 Å². The second kappa shape index (κ2) is 13.4. The SMILES string of the molecule is COc1ncc(-c2cc(CN3CCC(F)(F)CC3)c3c(N)ncnn23)cc1C(=O)NC1CN(C(=O)CC(O)(C(F)(F)F)C(F)(F)F)CCC1F. The maximum Gasteiger partial charge on any atom is 0.426 e. The van der Waals surface area contributed by atoms with Gasteiger partial charge < -0.3 is 25.8 Å². The second-order valence-electron chi connectivity index (χ2n) is 12.1. The van der Waals surface area contributed by atoms with Gasteiger partial charge in [-0.3, -0.25) is 14.5 Å². The number of carbonyl (C=O) groups is 2. The highest BCUT2D eigenvalue weighted by Crippen LogP contribution is 2.45. The highest BCUT2D eigenvalue weighted by atomic mass is 19.4. The van der Waals surface area contributed by atoms with Crippen LogP contribution in [0.4, 0.5) is 45.3 Å². The molecule has 3 aromatic rings. The van der Waals surface area contributed by atoms with E-state index in [1.165, 1.54) is 30.2 Å². The second-order valence-corrected chi connectivity index (χ2v) is 12.1. The van der Waals surface area contributed by atoms with Gasteiger partial charge >= 0.3 is 12.4 Å². The van der Waals surface area contributed by atoms with Gasteiger partial charge in [-0.05, 0) is 24.1 Å². The number of likely N-dealkylation sites (tertiary alicyclic amines) is 2. The summed E-state index contributed by atoms with van der Waals surface area (Å²) in [7, 11) is 1.18. The molecule has 5 heterocycles. The van der Waals surface area contributed by atoms with E-state index in [0.717, 1.165) is 0 Å². The van der Waals surface area contributed by atoms with Crippen LogP contribution in [-0.2, 0) is 11.3 Å². The molecule has 12 nitrogen and oxygen atoms in total. The average molecular weight is 727 g/mol. The molecule has 2 saturated heterocycles. The number of carbonyl (C=O) groups excluding carboxylic acids is 2. The smallest absolute Gasteiger partial charge is 0.426 e. The molecular weight excluding hydrogens is 695 g/mol. The standard InChI is InChI=1S/C29H31F9N8O4/c1-50-25-17(24(48)43-19-13-45(5-2-18(19)30)21(47)10-27(49,28(33,34)35)29(36,37)38)8-15(11-40-25)20-9-16(22-23(39)41-14-42-46(20)22)12-44-6-3-26(31,32)4-7-44/h8-9,11,14,18-19,49H,2-7,10,12-13H2,1H3,(H,43,48)(H2,39,41,42). The maximum atomic E-state index is 15.0. The molecule has 3 aromatic heterocycles. The zero-order valence-electron chi connectivity index (χ0n) is 26.2. The molecule has 0 aromatic carbocycles. The van der Waals surface area contributed by atoms with Crippen LogP contribution in [0.2, 0.25) is 0 Å². The quantitative estimate of drug-likeness (QED) is 0.297. The first-order valence-corrected chi connectivity index (χ1v) is 15.1. The number of methoxy groups -OCH3 is 1. The molecule has 2 aliphatic rings. The molecular formula is C29H31F9N8O4. The van der Waals surface area contributed by atoms with Crippen LogP contribution >= 0.6 is 0 Å². The van der Waals surface area contributed by atoms with E-state index in [9.17, 15) is 54.2 Å². The molecule has 0 spiro atoms. The summed E-state index contributed by atoms with van der Waals surface area (Å²) in [5.74, 6) is -5.69. The first kappa shape index (κ1) is 36.9. The van der Waals surface area contributed by atoms with Crippen molar-refractivity contribution >= 4 is 23.1 Å². The average Bonchev–Trinajstić information content (AvgIpc) is 3.40. The lowest BCUT2D eigenvalue weighted by molar-refractivity contribution is -0.367. The molecule has 2 unspecified atom stereocenters. The lowest BCUT2D eigenvalue weighted by Gasteiger charge is -2.38. The minimum atomic E-state index is -6.24. The number of fused-ring (bicyclic) bond motifs is 1. The lowest BCUT2D eigenvalue weighted by Crippen LogP contribution is -2.61. The van der Waals surface area contributed by atoms with Gasteiger partial charge in [-0.15, -0.1) is 0 Å². The van der Waals surface area contributed by atoms with Crippen LogP contribution in [0.15, 0.2) is 24.7 Å². The van der Waals surface area contributed by atoms with Crippen molar-refractivity contribution < 1.29 is 58.9 Å². The van der Waals surface area contributed by atoms with Crippen molar-refractivity contribution in [3.8, 4) is 17.1 Å². The van der Waals surface area contributed by atoms with E-state index < -0.39 is 73.8 Å². The Bertz CT molecular complexity index is 1730.